The molecule has 0 atom stereocenters. The molecule has 21 heavy (non-hydrogen) atoms. The van der Waals surface area contributed by atoms with E-state index >= 15 is 0 Å². The number of rotatable bonds is 4. The zero-order valence-corrected chi connectivity index (χ0v) is 16.0. The molecule has 0 bridgehead atoms. The second-order valence-corrected chi connectivity index (χ2v) is 9.12. The van der Waals surface area contributed by atoms with E-state index in [0.717, 1.165) is 16.9 Å². The van der Waals surface area contributed by atoms with Crippen LogP contribution >= 0.6 is 50.5 Å². The lowest BCUT2D eigenvalue weighted by molar-refractivity contribution is 0.592. The fourth-order valence-corrected chi connectivity index (χ4v) is 6.90. The van der Waals surface area contributed by atoms with Crippen LogP contribution in [0.2, 0.25) is 8.67 Å². The molecule has 0 radical (unpaired) electrons. The van der Waals surface area contributed by atoms with Gasteiger partial charge in [0.05, 0.1) is 10.2 Å². The van der Waals surface area contributed by atoms with Crippen molar-refractivity contribution in [2.24, 2.45) is 0 Å². The highest BCUT2D eigenvalue weighted by atomic mass is 79.9. The molecule has 0 aliphatic rings. The molecule has 0 N–H and O–H groups in total. The highest BCUT2D eigenvalue weighted by Crippen LogP contribution is 2.44. The molecular weight excluding hydrogens is 417 g/mol. The van der Waals surface area contributed by atoms with Crippen LogP contribution in [0, 0.1) is 6.92 Å². The Bertz CT molecular complexity index is 774. The van der Waals surface area contributed by atoms with Gasteiger partial charge in [0.1, 0.15) is 13.6 Å². The Kier molecular flexibility index (Phi) is 5.26. The van der Waals surface area contributed by atoms with Crippen LogP contribution in [0.25, 0.3) is 0 Å². The second-order valence-electron chi connectivity index (χ2n) is 4.30. The van der Waals surface area contributed by atoms with Crippen LogP contribution < -0.4 is 4.31 Å². The molecule has 0 aliphatic heterocycles. The van der Waals surface area contributed by atoms with E-state index < -0.39 is 10.0 Å². The average Bonchev–Trinajstić information content (AvgIpc) is 2.64. The van der Waals surface area contributed by atoms with Gasteiger partial charge < -0.3 is 0 Å². The number of halogens is 3. The molecule has 2 rings (SSSR count). The number of sulfonamides is 1. The second kappa shape index (κ2) is 6.46. The lowest BCUT2D eigenvalue weighted by Crippen LogP contribution is -2.31. The number of thiophene rings is 1. The van der Waals surface area contributed by atoms with Crippen molar-refractivity contribution in [1.29, 1.82) is 0 Å². The first-order valence-corrected chi connectivity index (χ1v) is 9.82. The molecule has 0 fully saturated rings. The summed E-state index contributed by atoms with van der Waals surface area (Å²) in [7, 11) is -3.78. The highest BCUT2D eigenvalue weighted by molar-refractivity contribution is 9.10. The minimum atomic E-state index is -3.78. The number of hydrogen-bond acceptors (Lipinski definition) is 3. The minimum absolute atomic E-state index is 0.0162. The molecule has 2 aromatic rings. The predicted molar refractivity (Wildman–Crippen MR) is 93.4 cm³/mol. The van der Waals surface area contributed by atoms with Crippen LogP contribution in [0.4, 0.5) is 5.69 Å². The van der Waals surface area contributed by atoms with E-state index in [1.165, 1.54) is 4.31 Å². The Morgan fingerprint density at radius 1 is 1.29 bits per heavy atom. The van der Waals surface area contributed by atoms with Crippen LogP contribution in [-0.4, -0.2) is 15.0 Å². The van der Waals surface area contributed by atoms with Gasteiger partial charge in [-0.1, -0.05) is 35.3 Å². The molecule has 0 aliphatic carbocycles. The maximum absolute atomic E-state index is 12.9. The van der Waals surface area contributed by atoms with Crippen molar-refractivity contribution in [3.05, 3.63) is 43.0 Å². The summed E-state index contributed by atoms with van der Waals surface area (Å²) in [5, 5.41) is 0. The number of nitrogens with zero attached hydrogens (tertiary/aromatic N) is 1. The van der Waals surface area contributed by atoms with Gasteiger partial charge >= 0.3 is 0 Å². The van der Waals surface area contributed by atoms with E-state index in [9.17, 15) is 8.42 Å². The molecular formula is C13H12BrCl2NO2S2. The third-order valence-corrected chi connectivity index (χ3v) is 8.22. The van der Waals surface area contributed by atoms with Crippen LogP contribution in [0.3, 0.4) is 0 Å². The van der Waals surface area contributed by atoms with Gasteiger partial charge in [0.15, 0.2) is 0 Å². The summed E-state index contributed by atoms with van der Waals surface area (Å²) in [6.45, 7) is 3.98. The highest BCUT2D eigenvalue weighted by Gasteiger charge is 2.31. The largest absolute Gasteiger partial charge is 0.267 e. The Morgan fingerprint density at radius 3 is 2.43 bits per heavy atom. The van der Waals surface area contributed by atoms with Crippen LogP contribution in [0.15, 0.2) is 33.6 Å². The van der Waals surface area contributed by atoms with Gasteiger partial charge in [0.2, 0.25) is 0 Å². The smallest absolute Gasteiger partial charge is 0.267 e. The Balaban J connectivity index is 2.60. The van der Waals surface area contributed by atoms with Gasteiger partial charge in [0, 0.05) is 6.54 Å². The van der Waals surface area contributed by atoms with Gasteiger partial charge in [-0.2, -0.15) is 0 Å². The van der Waals surface area contributed by atoms with Crippen molar-refractivity contribution in [1.82, 2.24) is 0 Å². The van der Waals surface area contributed by atoms with Crippen LogP contribution in [0.1, 0.15) is 12.5 Å². The molecule has 0 amide bonds. The maximum Gasteiger partial charge on any atom is 0.267 e. The van der Waals surface area contributed by atoms with E-state index in [-0.39, 0.29) is 9.23 Å². The van der Waals surface area contributed by atoms with Crippen molar-refractivity contribution in [3.63, 3.8) is 0 Å². The predicted octanol–water partition coefficient (Wildman–Crippen LogP) is 5.34. The molecule has 1 aromatic carbocycles. The number of hydrogen-bond donors (Lipinski definition) is 0. The summed E-state index contributed by atoms with van der Waals surface area (Å²) in [6, 6.07) is 7.30. The molecule has 8 heteroatoms. The first-order valence-electron chi connectivity index (χ1n) is 6.01. The summed E-state index contributed by atoms with van der Waals surface area (Å²) in [5.74, 6) is 0. The summed E-state index contributed by atoms with van der Waals surface area (Å²) >= 11 is 16.3. The van der Waals surface area contributed by atoms with Gasteiger partial charge in [-0.05, 0) is 47.5 Å². The zero-order valence-electron chi connectivity index (χ0n) is 11.2. The van der Waals surface area contributed by atoms with Gasteiger partial charge in [-0.25, -0.2) is 8.42 Å². The monoisotopic (exact) mass is 427 g/mol. The summed E-state index contributed by atoms with van der Waals surface area (Å²) in [4.78, 5) is 0.0162. The van der Waals surface area contributed by atoms with Crippen molar-refractivity contribution in [2.75, 3.05) is 10.8 Å². The number of benzene rings is 1. The molecule has 3 nitrogen and oxygen atoms in total. The molecule has 0 unspecified atom stereocenters. The van der Waals surface area contributed by atoms with E-state index in [0.29, 0.717) is 21.0 Å². The minimum Gasteiger partial charge on any atom is -0.267 e. The quantitative estimate of drug-likeness (QED) is 0.658. The SMILES string of the molecule is CCN(c1cccc(C)c1)S(=O)(=O)c1c(Cl)sc(Cl)c1Br. The topological polar surface area (TPSA) is 37.4 Å². The first-order chi connectivity index (χ1) is 9.78. The van der Waals surface area contributed by atoms with Crippen LogP contribution in [-0.2, 0) is 10.0 Å². The van der Waals surface area contributed by atoms with Crippen molar-refractivity contribution in [2.45, 2.75) is 18.7 Å². The van der Waals surface area contributed by atoms with Crippen molar-refractivity contribution < 1.29 is 8.42 Å². The molecule has 1 heterocycles. The fraction of sp³-hybridized carbons (Fsp3) is 0.231. The molecule has 0 saturated heterocycles. The van der Waals surface area contributed by atoms with E-state index in [1.807, 2.05) is 25.1 Å². The maximum atomic E-state index is 12.9. The normalized spacial score (nSPS) is 11.7. The van der Waals surface area contributed by atoms with E-state index in [1.54, 1.807) is 13.0 Å². The zero-order chi connectivity index (χ0) is 15.8. The van der Waals surface area contributed by atoms with Gasteiger partial charge in [-0.3, -0.25) is 4.31 Å². The lowest BCUT2D eigenvalue weighted by Gasteiger charge is -2.23. The van der Waals surface area contributed by atoms with Crippen molar-refractivity contribution in [3.8, 4) is 0 Å². The molecule has 0 saturated carbocycles. The number of aryl methyl sites for hydroxylation is 1. The summed E-state index contributed by atoms with van der Waals surface area (Å²) in [6.07, 6.45) is 0. The fourth-order valence-electron chi connectivity index (χ4n) is 1.94. The molecule has 1 aromatic heterocycles. The molecule has 0 spiro atoms. The summed E-state index contributed by atoms with van der Waals surface area (Å²) in [5.41, 5.74) is 1.58. The van der Waals surface area contributed by atoms with E-state index in [2.05, 4.69) is 15.9 Å². The summed E-state index contributed by atoms with van der Waals surface area (Å²) < 4.78 is 27.9. The average molecular weight is 429 g/mol. The van der Waals surface area contributed by atoms with Gasteiger partial charge in [-0.15, -0.1) is 11.3 Å². The third-order valence-electron chi connectivity index (χ3n) is 2.85. The Hall–Kier alpha value is -0.270. The molecule has 114 valence electrons. The third kappa shape index (κ3) is 3.24. The first kappa shape index (κ1) is 17.1. The number of anilines is 1. The Morgan fingerprint density at radius 2 is 1.95 bits per heavy atom. The van der Waals surface area contributed by atoms with E-state index in [4.69, 9.17) is 23.2 Å². The van der Waals surface area contributed by atoms with Crippen LogP contribution in [0.5, 0.6) is 0 Å². The lowest BCUT2D eigenvalue weighted by atomic mass is 10.2. The standard InChI is InChI=1S/C13H12BrCl2NO2S2/c1-3-17(9-6-4-5-8(2)7-9)21(18,19)11-10(14)12(15)20-13(11)16/h4-7H,3H2,1-2H3. The van der Waals surface area contributed by atoms with Gasteiger partial charge in [0.25, 0.3) is 10.0 Å². The van der Waals surface area contributed by atoms with Crippen molar-refractivity contribution >= 4 is 66.2 Å². The Labute approximate surface area is 146 Å².